The standard InChI is InChI=1S/C12H20N2OS/c1-4-11(9-16-3)14(2)12-7-5-6-10(8-15)13-12/h5-7,11,15H,4,8-9H2,1-3H3. The number of rotatable bonds is 6. The first-order valence-electron chi connectivity index (χ1n) is 5.51. The minimum Gasteiger partial charge on any atom is -0.390 e. The highest BCUT2D eigenvalue weighted by Crippen LogP contribution is 2.17. The summed E-state index contributed by atoms with van der Waals surface area (Å²) < 4.78 is 0. The Hall–Kier alpha value is -0.740. The van der Waals surface area contributed by atoms with Gasteiger partial charge in [-0.25, -0.2) is 4.98 Å². The van der Waals surface area contributed by atoms with E-state index in [1.54, 1.807) is 0 Å². The molecule has 1 unspecified atom stereocenters. The molecule has 0 amide bonds. The van der Waals surface area contributed by atoms with Gasteiger partial charge >= 0.3 is 0 Å². The van der Waals surface area contributed by atoms with Crippen LogP contribution >= 0.6 is 11.8 Å². The zero-order valence-corrected chi connectivity index (χ0v) is 11.0. The van der Waals surface area contributed by atoms with Gasteiger partial charge in [-0.2, -0.15) is 11.8 Å². The Labute approximate surface area is 102 Å². The summed E-state index contributed by atoms with van der Waals surface area (Å²) in [6.07, 6.45) is 3.22. The van der Waals surface area contributed by atoms with Gasteiger partial charge in [0.2, 0.25) is 0 Å². The molecule has 0 aliphatic heterocycles. The van der Waals surface area contributed by atoms with Crippen molar-refractivity contribution in [3.05, 3.63) is 23.9 Å². The van der Waals surface area contributed by atoms with Crippen LogP contribution < -0.4 is 4.90 Å². The molecule has 16 heavy (non-hydrogen) atoms. The molecule has 0 aromatic carbocycles. The fraction of sp³-hybridized carbons (Fsp3) is 0.583. The highest BCUT2D eigenvalue weighted by molar-refractivity contribution is 7.98. The van der Waals surface area contributed by atoms with Crippen molar-refractivity contribution in [1.29, 1.82) is 0 Å². The average Bonchev–Trinajstić information content (AvgIpc) is 2.35. The Morgan fingerprint density at radius 1 is 1.50 bits per heavy atom. The summed E-state index contributed by atoms with van der Waals surface area (Å²) in [6.45, 7) is 2.19. The molecule has 1 heterocycles. The van der Waals surface area contributed by atoms with Gasteiger partial charge in [0.05, 0.1) is 12.3 Å². The number of anilines is 1. The van der Waals surface area contributed by atoms with Gasteiger partial charge in [0.15, 0.2) is 0 Å². The van der Waals surface area contributed by atoms with Gasteiger partial charge in [-0.15, -0.1) is 0 Å². The summed E-state index contributed by atoms with van der Waals surface area (Å²) in [4.78, 5) is 6.60. The van der Waals surface area contributed by atoms with Crippen LogP contribution in [-0.2, 0) is 6.61 Å². The molecule has 90 valence electrons. The van der Waals surface area contributed by atoms with E-state index in [0.717, 1.165) is 23.7 Å². The van der Waals surface area contributed by atoms with Gasteiger partial charge in [-0.05, 0) is 24.8 Å². The second kappa shape index (κ2) is 6.76. The molecule has 1 N–H and O–H groups in total. The third kappa shape index (κ3) is 3.39. The van der Waals surface area contributed by atoms with Crippen molar-refractivity contribution in [2.75, 3.05) is 24.0 Å². The largest absolute Gasteiger partial charge is 0.390 e. The minimum atomic E-state index is 0.000992. The zero-order chi connectivity index (χ0) is 12.0. The summed E-state index contributed by atoms with van der Waals surface area (Å²) in [7, 11) is 2.06. The lowest BCUT2D eigenvalue weighted by molar-refractivity contribution is 0.277. The fourth-order valence-corrected chi connectivity index (χ4v) is 2.48. The summed E-state index contributed by atoms with van der Waals surface area (Å²) >= 11 is 1.85. The summed E-state index contributed by atoms with van der Waals surface area (Å²) in [5.41, 5.74) is 0.725. The van der Waals surface area contributed by atoms with E-state index in [0.29, 0.717) is 6.04 Å². The number of hydrogen-bond acceptors (Lipinski definition) is 4. The number of aliphatic hydroxyl groups is 1. The summed E-state index contributed by atoms with van der Waals surface area (Å²) in [5.74, 6) is 2.03. The second-order valence-electron chi connectivity index (χ2n) is 3.77. The molecule has 0 radical (unpaired) electrons. The van der Waals surface area contributed by atoms with Crippen LogP contribution in [0.4, 0.5) is 5.82 Å². The molecular formula is C12H20N2OS. The van der Waals surface area contributed by atoms with Gasteiger partial charge in [-0.1, -0.05) is 13.0 Å². The molecule has 0 saturated heterocycles. The number of aliphatic hydroxyl groups excluding tert-OH is 1. The fourth-order valence-electron chi connectivity index (χ4n) is 1.63. The van der Waals surface area contributed by atoms with Crippen LogP contribution in [-0.4, -0.2) is 35.2 Å². The topological polar surface area (TPSA) is 36.4 Å². The number of aromatic nitrogens is 1. The minimum absolute atomic E-state index is 0.000992. The van der Waals surface area contributed by atoms with Gasteiger partial charge in [0.1, 0.15) is 5.82 Å². The van der Waals surface area contributed by atoms with E-state index in [4.69, 9.17) is 5.11 Å². The van der Waals surface area contributed by atoms with E-state index in [1.165, 1.54) is 0 Å². The summed E-state index contributed by atoms with van der Waals surface area (Å²) in [5, 5.41) is 9.06. The van der Waals surface area contributed by atoms with Gasteiger partial charge in [-0.3, -0.25) is 0 Å². The Bertz CT molecular complexity index is 320. The van der Waals surface area contributed by atoms with Crippen LogP contribution in [0.3, 0.4) is 0 Å². The Morgan fingerprint density at radius 3 is 2.81 bits per heavy atom. The molecule has 0 bridgehead atoms. The normalized spacial score (nSPS) is 12.5. The van der Waals surface area contributed by atoms with E-state index in [1.807, 2.05) is 30.0 Å². The van der Waals surface area contributed by atoms with Gasteiger partial charge in [0, 0.05) is 18.8 Å². The van der Waals surface area contributed by atoms with E-state index in [-0.39, 0.29) is 6.61 Å². The summed E-state index contributed by atoms with van der Waals surface area (Å²) in [6, 6.07) is 6.27. The Kier molecular flexibility index (Phi) is 5.63. The SMILES string of the molecule is CCC(CSC)N(C)c1cccc(CO)n1. The molecule has 0 fully saturated rings. The maximum atomic E-state index is 9.06. The smallest absolute Gasteiger partial charge is 0.128 e. The Morgan fingerprint density at radius 2 is 2.25 bits per heavy atom. The molecule has 4 heteroatoms. The first kappa shape index (κ1) is 13.3. The lowest BCUT2D eigenvalue weighted by Crippen LogP contribution is -2.33. The Balaban J connectivity index is 2.80. The van der Waals surface area contributed by atoms with E-state index < -0.39 is 0 Å². The highest BCUT2D eigenvalue weighted by Gasteiger charge is 2.13. The number of pyridine rings is 1. The van der Waals surface area contributed by atoms with Crippen LogP contribution in [0.15, 0.2) is 18.2 Å². The quantitative estimate of drug-likeness (QED) is 0.826. The first-order chi connectivity index (χ1) is 7.72. The molecule has 0 aliphatic rings. The van der Waals surface area contributed by atoms with Crippen LogP contribution in [0.2, 0.25) is 0 Å². The maximum Gasteiger partial charge on any atom is 0.128 e. The van der Waals surface area contributed by atoms with Crippen molar-refractivity contribution >= 4 is 17.6 Å². The molecule has 0 saturated carbocycles. The van der Waals surface area contributed by atoms with Gasteiger partial charge < -0.3 is 10.0 Å². The van der Waals surface area contributed by atoms with Crippen LogP contribution in [0, 0.1) is 0 Å². The van der Waals surface area contributed by atoms with Crippen LogP contribution in [0.5, 0.6) is 0 Å². The average molecular weight is 240 g/mol. The van der Waals surface area contributed by atoms with Crippen molar-refractivity contribution in [1.82, 2.24) is 4.98 Å². The second-order valence-corrected chi connectivity index (χ2v) is 4.68. The van der Waals surface area contributed by atoms with Crippen molar-refractivity contribution in [2.24, 2.45) is 0 Å². The predicted octanol–water partition coefficient (Wildman–Crippen LogP) is 2.15. The number of nitrogens with zero attached hydrogens (tertiary/aromatic N) is 2. The number of hydrogen-bond donors (Lipinski definition) is 1. The monoisotopic (exact) mass is 240 g/mol. The third-order valence-electron chi connectivity index (χ3n) is 2.69. The van der Waals surface area contributed by atoms with Crippen LogP contribution in [0.1, 0.15) is 19.0 Å². The first-order valence-corrected chi connectivity index (χ1v) is 6.90. The lowest BCUT2D eigenvalue weighted by atomic mass is 10.2. The lowest BCUT2D eigenvalue weighted by Gasteiger charge is -2.28. The molecule has 1 atom stereocenters. The van der Waals surface area contributed by atoms with Crippen molar-refractivity contribution < 1.29 is 5.11 Å². The van der Waals surface area contributed by atoms with Crippen molar-refractivity contribution in [3.63, 3.8) is 0 Å². The molecule has 1 aromatic rings. The maximum absolute atomic E-state index is 9.06. The van der Waals surface area contributed by atoms with E-state index >= 15 is 0 Å². The van der Waals surface area contributed by atoms with Gasteiger partial charge in [0.25, 0.3) is 0 Å². The zero-order valence-electron chi connectivity index (χ0n) is 10.2. The third-order valence-corrected chi connectivity index (χ3v) is 3.41. The molecule has 0 spiro atoms. The van der Waals surface area contributed by atoms with Crippen LogP contribution in [0.25, 0.3) is 0 Å². The van der Waals surface area contributed by atoms with Crippen molar-refractivity contribution in [2.45, 2.75) is 26.0 Å². The number of thioether (sulfide) groups is 1. The molecule has 1 rings (SSSR count). The predicted molar refractivity (Wildman–Crippen MR) is 71.0 cm³/mol. The molecule has 1 aromatic heterocycles. The van der Waals surface area contributed by atoms with Crippen molar-refractivity contribution in [3.8, 4) is 0 Å². The highest BCUT2D eigenvalue weighted by atomic mass is 32.2. The van der Waals surface area contributed by atoms with E-state index in [2.05, 4.69) is 30.1 Å². The molecule has 3 nitrogen and oxygen atoms in total. The molecule has 0 aliphatic carbocycles. The van der Waals surface area contributed by atoms with E-state index in [9.17, 15) is 0 Å². The molecular weight excluding hydrogens is 220 g/mol.